The van der Waals surface area contributed by atoms with Gasteiger partial charge in [0.25, 0.3) is 0 Å². The zero-order valence-electron chi connectivity index (χ0n) is 16.7. The van der Waals surface area contributed by atoms with Crippen molar-refractivity contribution in [3.63, 3.8) is 0 Å². The maximum atomic E-state index is 3.47. The van der Waals surface area contributed by atoms with Crippen LogP contribution in [0.3, 0.4) is 0 Å². The highest BCUT2D eigenvalue weighted by molar-refractivity contribution is 9.11. The Morgan fingerprint density at radius 2 is 0.500 bits per heavy atom. The molecule has 4 nitrogen and oxygen atoms in total. The van der Waals surface area contributed by atoms with E-state index in [1.807, 2.05) is 97.1 Å². The maximum Gasteiger partial charge on any atom is 0.0681 e. The van der Waals surface area contributed by atoms with E-state index in [1.54, 1.807) is 0 Å². The van der Waals surface area contributed by atoms with E-state index in [4.69, 9.17) is 0 Å². The number of rotatable bonds is 6. The normalized spacial score (nSPS) is 9.88. The Morgan fingerprint density at radius 1 is 0.312 bits per heavy atom. The van der Waals surface area contributed by atoms with Crippen molar-refractivity contribution in [3.8, 4) is 0 Å². The number of para-hydroxylation sites is 4. The molecule has 0 atom stereocenters. The molecule has 0 unspecified atom stereocenters. The number of nitrogens with one attached hydrogen (secondary N) is 4. The van der Waals surface area contributed by atoms with E-state index in [0.29, 0.717) is 0 Å². The van der Waals surface area contributed by atoms with Crippen LogP contribution in [0.15, 0.2) is 115 Å². The first-order valence-corrected chi connectivity index (χ1v) is 12.7. The van der Waals surface area contributed by atoms with Crippen LogP contribution in [0, 0.1) is 0 Å². The molecule has 4 rings (SSSR count). The standard InChI is InChI=1S/2C12H10Br2N2/c2*13-9-5-1-3-7-11(9)15-16-12-8-4-2-6-10(12)14/h2*1-8,15-16H. The zero-order valence-corrected chi connectivity index (χ0v) is 23.1. The lowest BCUT2D eigenvalue weighted by Crippen LogP contribution is -2.09. The highest BCUT2D eigenvalue weighted by Crippen LogP contribution is 2.25. The van der Waals surface area contributed by atoms with Crippen LogP contribution in [0.1, 0.15) is 0 Å². The van der Waals surface area contributed by atoms with Crippen LogP contribution < -0.4 is 21.7 Å². The molecule has 4 N–H and O–H groups in total. The van der Waals surface area contributed by atoms with Crippen molar-refractivity contribution >= 4 is 86.5 Å². The molecule has 0 aliphatic heterocycles. The Hall–Kier alpha value is -2.00. The summed E-state index contributed by atoms with van der Waals surface area (Å²) in [7, 11) is 0. The minimum Gasteiger partial charge on any atom is -0.300 e. The van der Waals surface area contributed by atoms with E-state index in [2.05, 4.69) is 85.4 Å². The number of benzene rings is 4. The van der Waals surface area contributed by atoms with Crippen LogP contribution >= 0.6 is 63.7 Å². The minimum absolute atomic E-state index is 0.998. The molecule has 4 aromatic carbocycles. The van der Waals surface area contributed by atoms with Crippen molar-refractivity contribution in [1.29, 1.82) is 0 Å². The summed E-state index contributed by atoms with van der Waals surface area (Å²) >= 11 is 13.9. The molecular weight excluding hydrogens is 664 g/mol. The van der Waals surface area contributed by atoms with E-state index in [-0.39, 0.29) is 0 Å². The van der Waals surface area contributed by atoms with Gasteiger partial charge in [0.2, 0.25) is 0 Å². The molecule has 0 heterocycles. The van der Waals surface area contributed by atoms with Gasteiger partial charge in [-0.05, 0) is 112 Å². The molecule has 0 aliphatic rings. The van der Waals surface area contributed by atoms with Crippen molar-refractivity contribution < 1.29 is 0 Å². The molecule has 0 aliphatic carbocycles. The summed E-state index contributed by atoms with van der Waals surface area (Å²) in [6, 6.07) is 31.8. The maximum absolute atomic E-state index is 3.47. The van der Waals surface area contributed by atoms with Gasteiger partial charge < -0.3 is 0 Å². The smallest absolute Gasteiger partial charge is 0.0681 e. The molecular formula is C24H20Br4N4. The SMILES string of the molecule is Brc1ccccc1NNc1ccccc1Br.Brc1ccccc1NNc1ccccc1Br. The van der Waals surface area contributed by atoms with E-state index >= 15 is 0 Å². The lowest BCUT2D eigenvalue weighted by Gasteiger charge is -2.12. The summed E-state index contributed by atoms with van der Waals surface area (Å²) < 4.78 is 4.09. The van der Waals surface area contributed by atoms with Gasteiger partial charge in [-0.1, -0.05) is 48.5 Å². The minimum atomic E-state index is 0.998. The van der Waals surface area contributed by atoms with Crippen molar-refractivity contribution in [2.75, 3.05) is 21.7 Å². The van der Waals surface area contributed by atoms with Crippen LogP contribution in [-0.2, 0) is 0 Å². The van der Waals surface area contributed by atoms with E-state index in [9.17, 15) is 0 Å². The Morgan fingerprint density at radius 3 is 0.688 bits per heavy atom. The first-order valence-electron chi connectivity index (χ1n) is 9.57. The third kappa shape index (κ3) is 7.55. The van der Waals surface area contributed by atoms with Gasteiger partial charge in [0, 0.05) is 17.9 Å². The largest absolute Gasteiger partial charge is 0.300 e. The Labute approximate surface area is 221 Å². The van der Waals surface area contributed by atoms with Crippen molar-refractivity contribution in [3.05, 3.63) is 115 Å². The summed E-state index contributed by atoms with van der Waals surface area (Å²) in [6.45, 7) is 0. The van der Waals surface area contributed by atoms with Crippen LogP contribution in [-0.4, -0.2) is 0 Å². The molecule has 0 aromatic heterocycles. The van der Waals surface area contributed by atoms with Gasteiger partial charge >= 0.3 is 0 Å². The van der Waals surface area contributed by atoms with Crippen molar-refractivity contribution in [1.82, 2.24) is 0 Å². The second kappa shape index (κ2) is 12.9. The Bertz CT molecular complexity index is 972. The molecule has 32 heavy (non-hydrogen) atoms. The fourth-order valence-corrected chi connectivity index (χ4v) is 4.06. The quantitative estimate of drug-likeness (QED) is 0.153. The summed E-state index contributed by atoms with van der Waals surface area (Å²) in [6.07, 6.45) is 0. The summed E-state index contributed by atoms with van der Waals surface area (Å²) in [4.78, 5) is 0. The highest BCUT2D eigenvalue weighted by atomic mass is 79.9. The zero-order chi connectivity index (χ0) is 22.8. The molecule has 0 fully saturated rings. The molecule has 164 valence electrons. The average molecular weight is 684 g/mol. The van der Waals surface area contributed by atoms with Gasteiger partial charge in [-0.25, -0.2) is 0 Å². The number of hydrogen-bond donors (Lipinski definition) is 4. The lowest BCUT2D eigenvalue weighted by molar-refractivity contribution is 1.39. The van der Waals surface area contributed by atoms with Crippen molar-refractivity contribution in [2.24, 2.45) is 0 Å². The van der Waals surface area contributed by atoms with Gasteiger partial charge in [0.05, 0.1) is 22.7 Å². The molecule has 0 spiro atoms. The number of hydrogen-bond acceptors (Lipinski definition) is 4. The second-order valence-corrected chi connectivity index (χ2v) is 9.84. The molecule has 8 heteroatoms. The summed E-state index contributed by atoms with van der Waals surface area (Å²) in [5.41, 5.74) is 16.6. The first kappa shape index (κ1) is 24.6. The molecule has 0 bridgehead atoms. The average Bonchev–Trinajstić information content (AvgIpc) is 2.80. The number of anilines is 4. The van der Waals surface area contributed by atoms with Gasteiger partial charge in [0.1, 0.15) is 0 Å². The topological polar surface area (TPSA) is 48.1 Å². The van der Waals surface area contributed by atoms with Gasteiger partial charge in [-0.2, -0.15) is 0 Å². The van der Waals surface area contributed by atoms with Gasteiger partial charge in [-0.15, -0.1) is 0 Å². The molecule has 0 radical (unpaired) electrons. The highest BCUT2D eigenvalue weighted by Gasteiger charge is 2.00. The Kier molecular flexibility index (Phi) is 9.92. The Balaban J connectivity index is 0.000000181. The van der Waals surface area contributed by atoms with Gasteiger partial charge in [0.15, 0.2) is 0 Å². The number of halogens is 4. The fourth-order valence-electron chi connectivity index (χ4n) is 2.52. The van der Waals surface area contributed by atoms with E-state index in [0.717, 1.165) is 40.6 Å². The van der Waals surface area contributed by atoms with Crippen LogP contribution in [0.4, 0.5) is 22.7 Å². The van der Waals surface area contributed by atoms with E-state index in [1.165, 1.54) is 0 Å². The monoisotopic (exact) mass is 680 g/mol. The lowest BCUT2D eigenvalue weighted by atomic mass is 10.3. The third-order valence-electron chi connectivity index (χ3n) is 4.16. The third-order valence-corrected chi connectivity index (χ3v) is 6.93. The predicted octanol–water partition coefficient (Wildman–Crippen LogP) is 9.30. The molecule has 0 amide bonds. The number of hydrazine groups is 2. The van der Waals surface area contributed by atoms with Crippen LogP contribution in [0.2, 0.25) is 0 Å². The van der Waals surface area contributed by atoms with Crippen molar-refractivity contribution in [2.45, 2.75) is 0 Å². The molecule has 0 saturated heterocycles. The molecule has 0 saturated carbocycles. The fraction of sp³-hybridized carbons (Fsp3) is 0. The molecule has 4 aromatic rings. The van der Waals surface area contributed by atoms with Crippen LogP contribution in [0.25, 0.3) is 0 Å². The first-order chi connectivity index (χ1) is 15.5. The predicted molar refractivity (Wildman–Crippen MR) is 151 cm³/mol. The van der Waals surface area contributed by atoms with Crippen LogP contribution in [0.5, 0.6) is 0 Å². The van der Waals surface area contributed by atoms with Gasteiger partial charge in [-0.3, -0.25) is 21.7 Å². The van der Waals surface area contributed by atoms with E-state index < -0.39 is 0 Å². The second-order valence-electron chi connectivity index (χ2n) is 6.42. The summed E-state index contributed by atoms with van der Waals surface area (Å²) in [5, 5.41) is 0. The summed E-state index contributed by atoms with van der Waals surface area (Å²) in [5.74, 6) is 0.